The van der Waals surface area contributed by atoms with Crippen LogP contribution in [0, 0.1) is 0 Å². The van der Waals surface area contributed by atoms with Crippen molar-refractivity contribution in [2.75, 3.05) is 6.54 Å². The number of nitrogens with zero attached hydrogens (tertiary/aromatic N) is 1. The zero-order chi connectivity index (χ0) is 15.7. The summed E-state index contributed by atoms with van der Waals surface area (Å²) in [4.78, 5) is 14.6. The van der Waals surface area contributed by atoms with Crippen LogP contribution in [0.5, 0.6) is 5.75 Å². The lowest BCUT2D eigenvalue weighted by Gasteiger charge is -2.23. The number of carbonyl (C=O) groups is 1. The number of carbonyl (C=O) groups excluding carboxylic acids is 1. The van der Waals surface area contributed by atoms with Gasteiger partial charge in [0.25, 0.3) is 5.91 Å². The molecule has 0 spiro atoms. The number of amides is 1. The zero-order valence-electron chi connectivity index (χ0n) is 12.1. The van der Waals surface area contributed by atoms with Crippen LogP contribution in [0.2, 0.25) is 0 Å². The summed E-state index contributed by atoms with van der Waals surface area (Å²) in [6.45, 7) is 6.07. The predicted molar refractivity (Wildman–Crippen MR) is 94.7 cm³/mol. The second kappa shape index (κ2) is 6.10. The van der Waals surface area contributed by atoms with Gasteiger partial charge >= 0.3 is 0 Å². The molecule has 3 nitrogen and oxygen atoms in total. The van der Waals surface area contributed by atoms with E-state index in [1.54, 1.807) is 11.0 Å². The van der Waals surface area contributed by atoms with E-state index in [9.17, 15) is 4.79 Å². The summed E-state index contributed by atoms with van der Waals surface area (Å²) >= 11 is 6.57. The molecule has 0 aromatic heterocycles. The van der Waals surface area contributed by atoms with E-state index >= 15 is 0 Å². The van der Waals surface area contributed by atoms with Crippen molar-refractivity contribution < 1.29 is 9.53 Å². The van der Waals surface area contributed by atoms with Gasteiger partial charge < -0.3 is 4.74 Å². The van der Waals surface area contributed by atoms with Gasteiger partial charge in [0.05, 0.1) is 4.91 Å². The van der Waals surface area contributed by atoms with Gasteiger partial charge in [-0.05, 0) is 30.7 Å². The van der Waals surface area contributed by atoms with Gasteiger partial charge in [0.2, 0.25) is 0 Å². The minimum absolute atomic E-state index is 0.0677. The number of ether oxygens (including phenoxy) is 1. The molecule has 0 saturated carbocycles. The van der Waals surface area contributed by atoms with Crippen molar-refractivity contribution in [1.29, 1.82) is 0 Å². The van der Waals surface area contributed by atoms with Crippen LogP contribution in [0.25, 0.3) is 6.08 Å². The average molecular weight is 329 g/mol. The molecular formula is C17H15NO2S2. The molecule has 112 valence electrons. The summed E-state index contributed by atoms with van der Waals surface area (Å²) in [5.74, 6) is 0.799. The summed E-state index contributed by atoms with van der Waals surface area (Å²) in [6.07, 6.45) is 5.51. The second-order valence-electron chi connectivity index (χ2n) is 5.02. The number of hydrogen-bond acceptors (Lipinski definition) is 4. The maximum atomic E-state index is 12.4. The predicted octanol–water partition coefficient (Wildman–Crippen LogP) is 3.78. The maximum Gasteiger partial charge on any atom is 0.266 e. The van der Waals surface area contributed by atoms with Crippen molar-refractivity contribution in [3.63, 3.8) is 0 Å². The van der Waals surface area contributed by atoms with Gasteiger partial charge in [-0.2, -0.15) is 0 Å². The van der Waals surface area contributed by atoms with Gasteiger partial charge in [-0.1, -0.05) is 48.3 Å². The molecule has 1 atom stereocenters. The van der Waals surface area contributed by atoms with Gasteiger partial charge in [0.1, 0.15) is 16.2 Å². The molecule has 2 aliphatic rings. The highest BCUT2D eigenvalue weighted by Crippen LogP contribution is 2.35. The molecular weight excluding hydrogens is 314 g/mol. The molecule has 1 fully saturated rings. The number of para-hydroxylation sites is 1. The third-order valence-electron chi connectivity index (χ3n) is 3.50. The lowest BCUT2D eigenvalue weighted by Crippen LogP contribution is -2.28. The Morgan fingerprint density at radius 3 is 3.00 bits per heavy atom. The van der Waals surface area contributed by atoms with Crippen LogP contribution < -0.4 is 4.74 Å². The standard InChI is InChI=1S/C17H15NO2S2/c1-3-8-18-16(19)15(22-17(18)21)10-13-9-12-6-4-5-7-14(12)20-11(13)2/h3-7,9-11H,1,8H2,2H3/b15-10+/t11-/m1/s1. The van der Waals surface area contributed by atoms with E-state index in [1.807, 2.05) is 37.3 Å². The maximum absolute atomic E-state index is 12.4. The molecule has 1 aromatic rings. The van der Waals surface area contributed by atoms with Crippen LogP contribution in [0.1, 0.15) is 12.5 Å². The first-order valence-electron chi connectivity index (χ1n) is 6.93. The van der Waals surface area contributed by atoms with Crippen molar-refractivity contribution in [2.45, 2.75) is 13.0 Å². The highest BCUT2D eigenvalue weighted by molar-refractivity contribution is 8.26. The zero-order valence-corrected chi connectivity index (χ0v) is 13.7. The van der Waals surface area contributed by atoms with E-state index in [2.05, 4.69) is 12.7 Å². The molecule has 3 rings (SSSR count). The third kappa shape index (κ3) is 2.74. The molecule has 1 saturated heterocycles. The van der Waals surface area contributed by atoms with Crippen LogP contribution in [0.3, 0.4) is 0 Å². The number of fused-ring (bicyclic) bond motifs is 1. The second-order valence-corrected chi connectivity index (χ2v) is 6.70. The van der Waals surface area contributed by atoms with Crippen LogP contribution in [0.4, 0.5) is 0 Å². The highest BCUT2D eigenvalue weighted by Gasteiger charge is 2.32. The summed E-state index contributed by atoms with van der Waals surface area (Å²) in [5, 5.41) is 0. The van der Waals surface area contributed by atoms with E-state index in [0.29, 0.717) is 15.8 Å². The fraction of sp³-hybridized carbons (Fsp3) is 0.176. The van der Waals surface area contributed by atoms with Crippen LogP contribution >= 0.6 is 24.0 Å². The summed E-state index contributed by atoms with van der Waals surface area (Å²) < 4.78 is 6.47. The molecule has 1 aromatic carbocycles. The van der Waals surface area contributed by atoms with Crippen molar-refractivity contribution in [3.8, 4) is 5.75 Å². The quantitative estimate of drug-likeness (QED) is 0.479. The minimum atomic E-state index is -0.0992. The Kier molecular flexibility index (Phi) is 4.18. The Morgan fingerprint density at radius 1 is 1.45 bits per heavy atom. The minimum Gasteiger partial charge on any atom is -0.485 e. The van der Waals surface area contributed by atoms with Crippen LogP contribution in [-0.4, -0.2) is 27.8 Å². The van der Waals surface area contributed by atoms with E-state index in [0.717, 1.165) is 16.9 Å². The first kappa shape index (κ1) is 15.1. The van der Waals surface area contributed by atoms with Crippen molar-refractivity contribution in [3.05, 3.63) is 59.0 Å². The fourth-order valence-corrected chi connectivity index (χ4v) is 3.63. The van der Waals surface area contributed by atoms with Gasteiger partial charge in [-0.3, -0.25) is 9.69 Å². The summed E-state index contributed by atoms with van der Waals surface area (Å²) in [6, 6.07) is 7.86. The average Bonchev–Trinajstić information content (AvgIpc) is 2.76. The molecule has 0 N–H and O–H groups in total. The summed E-state index contributed by atoms with van der Waals surface area (Å²) in [7, 11) is 0. The molecule has 22 heavy (non-hydrogen) atoms. The van der Waals surface area contributed by atoms with Gasteiger partial charge in [-0.25, -0.2) is 0 Å². The molecule has 0 aliphatic carbocycles. The topological polar surface area (TPSA) is 29.5 Å². The Bertz CT molecular complexity index is 721. The van der Waals surface area contributed by atoms with Crippen LogP contribution in [-0.2, 0) is 4.79 Å². The fourth-order valence-electron chi connectivity index (χ4n) is 2.36. The lowest BCUT2D eigenvalue weighted by atomic mass is 10.0. The van der Waals surface area contributed by atoms with E-state index in [1.165, 1.54) is 11.8 Å². The first-order chi connectivity index (χ1) is 10.6. The van der Waals surface area contributed by atoms with Gasteiger partial charge in [0, 0.05) is 12.1 Å². The molecule has 2 heterocycles. The Labute approximate surface area is 139 Å². The molecule has 0 radical (unpaired) electrons. The lowest BCUT2D eigenvalue weighted by molar-refractivity contribution is -0.121. The van der Waals surface area contributed by atoms with Gasteiger partial charge in [0.15, 0.2) is 0 Å². The number of benzene rings is 1. The Balaban J connectivity index is 1.92. The summed E-state index contributed by atoms with van der Waals surface area (Å²) in [5.41, 5.74) is 1.99. The third-order valence-corrected chi connectivity index (χ3v) is 4.88. The Morgan fingerprint density at radius 2 is 2.23 bits per heavy atom. The largest absolute Gasteiger partial charge is 0.485 e. The first-order valence-corrected chi connectivity index (χ1v) is 8.16. The molecule has 0 bridgehead atoms. The van der Waals surface area contributed by atoms with E-state index < -0.39 is 0 Å². The number of hydrogen-bond donors (Lipinski definition) is 0. The monoisotopic (exact) mass is 329 g/mol. The molecule has 0 unspecified atom stereocenters. The molecule has 1 amide bonds. The van der Waals surface area contributed by atoms with Crippen LogP contribution in [0.15, 0.2) is 53.5 Å². The van der Waals surface area contributed by atoms with E-state index in [4.69, 9.17) is 17.0 Å². The van der Waals surface area contributed by atoms with E-state index in [-0.39, 0.29) is 12.0 Å². The van der Waals surface area contributed by atoms with Crippen molar-refractivity contribution in [2.24, 2.45) is 0 Å². The SMILES string of the molecule is C=CCN1C(=O)/C(=C\C2=Cc3ccccc3O[C@@H]2C)SC1=S. The number of rotatable bonds is 3. The highest BCUT2D eigenvalue weighted by atomic mass is 32.2. The Hall–Kier alpha value is -1.85. The molecule has 5 heteroatoms. The van der Waals surface area contributed by atoms with Gasteiger partial charge in [-0.15, -0.1) is 6.58 Å². The number of thiocarbonyl (C=S) groups is 1. The number of thioether (sulfide) groups is 1. The van der Waals surface area contributed by atoms with Crippen molar-refractivity contribution >= 4 is 40.3 Å². The molecule has 2 aliphatic heterocycles. The normalized spacial score (nSPS) is 22.4. The smallest absolute Gasteiger partial charge is 0.266 e. The van der Waals surface area contributed by atoms with Crippen molar-refractivity contribution in [1.82, 2.24) is 4.90 Å².